The van der Waals surface area contributed by atoms with E-state index in [2.05, 4.69) is 9.97 Å². The average molecular weight is 255 g/mol. The first kappa shape index (κ1) is 11.9. The van der Waals surface area contributed by atoms with Crippen LogP contribution in [0, 0.1) is 25.5 Å². The van der Waals surface area contributed by atoms with E-state index in [1.165, 1.54) is 18.2 Å². The molecule has 0 unspecified atom stereocenters. The summed E-state index contributed by atoms with van der Waals surface area (Å²) in [6.45, 7) is 3.18. The fraction of sp³-hybridized carbons (Fsp3) is 0.167. The van der Waals surface area contributed by atoms with Gasteiger partial charge in [0.15, 0.2) is 0 Å². The quantitative estimate of drug-likeness (QED) is 0.726. The molecule has 2 nitrogen and oxygen atoms in total. The van der Waals surface area contributed by atoms with Crippen LogP contribution in [0.4, 0.5) is 8.78 Å². The maximum atomic E-state index is 13.9. The fourth-order valence-electron chi connectivity index (χ4n) is 1.55. The van der Waals surface area contributed by atoms with Gasteiger partial charge in [0, 0.05) is 6.07 Å². The summed E-state index contributed by atoms with van der Waals surface area (Å²) in [5.74, 6) is -0.922. The van der Waals surface area contributed by atoms with Crippen LogP contribution in [0.25, 0.3) is 11.3 Å². The van der Waals surface area contributed by atoms with E-state index in [4.69, 9.17) is 11.6 Å². The van der Waals surface area contributed by atoms with Gasteiger partial charge in [-0.1, -0.05) is 17.7 Å². The fourth-order valence-corrected chi connectivity index (χ4v) is 1.78. The van der Waals surface area contributed by atoms with Crippen LogP contribution in [-0.2, 0) is 0 Å². The minimum atomic E-state index is -0.665. The van der Waals surface area contributed by atoms with Crippen molar-refractivity contribution in [1.29, 1.82) is 0 Å². The molecule has 0 aliphatic heterocycles. The van der Waals surface area contributed by atoms with Crippen molar-refractivity contribution in [3.63, 3.8) is 0 Å². The van der Waals surface area contributed by atoms with Crippen LogP contribution in [0.5, 0.6) is 0 Å². The Morgan fingerprint density at radius 3 is 2.47 bits per heavy atom. The van der Waals surface area contributed by atoms with E-state index >= 15 is 0 Å². The lowest BCUT2D eigenvalue weighted by Gasteiger charge is -2.07. The van der Waals surface area contributed by atoms with E-state index in [0.29, 0.717) is 11.4 Å². The molecule has 0 atom stereocenters. The smallest absolute Gasteiger partial charge is 0.138 e. The molecule has 0 amide bonds. The summed E-state index contributed by atoms with van der Waals surface area (Å²) in [6, 6.07) is 3.93. The molecule has 0 saturated carbocycles. The molecule has 0 aliphatic rings. The Hall–Kier alpha value is -1.55. The van der Waals surface area contributed by atoms with Crippen molar-refractivity contribution in [1.82, 2.24) is 9.97 Å². The SMILES string of the molecule is Cc1nc(Cl)cc(-c2c(F)ccc(C)c2F)n1. The number of rotatable bonds is 1. The zero-order valence-electron chi connectivity index (χ0n) is 9.26. The van der Waals surface area contributed by atoms with Crippen LogP contribution in [0.2, 0.25) is 5.15 Å². The van der Waals surface area contributed by atoms with Crippen LogP contribution in [0.3, 0.4) is 0 Å². The lowest BCUT2D eigenvalue weighted by atomic mass is 10.1. The summed E-state index contributed by atoms with van der Waals surface area (Å²) in [5.41, 5.74) is 0.340. The Labute approximate surface area is 102 Å². The molecule has 0 N–H and O–H groups in total. The van der Waals surface area contributed by atoms with E-state index in [1.807, 2.05) is 0 Å². The van der Waals surface area contributed by atoms with Gasteiger partial charge in [-0.15, -0.1) is 0 Å². The number of nitrogens with zero attached hydrogens (tertiary/aromatic N) is 2. The largest absolute Gasteiger partial charge is 0.233 e. The highest BCUT2D eigenvalue weighted by Crippen LogP contribution is 2.27. The Bertz CT molecular complexity index is 565. The molecular weight excluding hydrogens is 246 g/mol. The van der Waals surface area contributed by atoms with Crippen molar-refractivity contribution in [3.05, 3.63) is 46.4 Å². The molecule has 2 rings (SSSR count). The van der Waals surface area contributed by atoms with Gasteiger partial charge in [0.25, 0.3) is 0 Å². The third kappa shape index (κ3) is 2.26. The molecule has 0 radical (unpaired) electrons. The lowest BCUT2D eigenvalue weighted by Crippen LogP contribution is -1.98. The Morgan fingerprint density at radius 1 is 1.12 bits per heavy atom. The molecule has 5 heteroatoms. The highest BCUT2D eigenvalue weighted by molar-refractivity contribution is 6.29. The molecule has 88 valence electrons. The van der Waals surface area contributed by atoms with Crippen molar-refractivity contribution >= 4 is 11.6 Å². The Kier molecular flexibility index (Phi) is 3.07. The average Bonchev–Trinajstić information content (AvgIpc) is 2.23. The second-order valence-corrected chi connectivity index (χ2v) is 4.06. The summed E-state index contributed by atoms with van der Waals surface area (Å²) in [6.07, 6.45) is 0. The van der Waals surface area contributed by atoms with Gasteiger partial charge < -0.3 is 0 Å². The maximum absolute atomic E-state index is 13.9. The topological polar surface area (TPSA) is 25.8 Å². The van der Waals surface area contributed by atoms with Gasteiger partial charge in [-0.25, -0.2) is 18.7 Å². The molecular formula is C12H9ClF2N2. The van der Waals surface area contributed by atoms with Crippen molar-refractivity contribution in [3.8, 4) is 11.3 Å². The molecule has 1 aromatic heterocycles. The minimum Gasteiger partial charge on any atom is -0.233 e. The predicted octanol–water partition coefficient (Wildman–Crippen LogP) is 3.69. The molecule has 0 bridgehead atoms. The normalized spacial score (nSPS) is 10.6. The summed E-state index contributed by atoms with van der Waals surface area (Å²) in [7, 11) is 0. The Balaban J connectivity index is 2.72. The number of halogens is 3. The molecule has 2 aromatic rings. The first-order valence-electron chi connectivity index (χ1n) is 4.95. The van der Waals surface area contributed by atoms with E-state index in [9.17, 15) is 8.78 Å². The standard InChI is InChI=1S/C12H9ClF2N2/c1-6-3-4-8(14)11(12(6)15)9-5-10(13)17-7(2)16-9/h3-5H,1-2H3. The second kappa shape index (κ2) is 4.37. The molecule has 0 fully saturated rings. The molecule has 17 heavy (non-hydrogen) atoms. The minimum absolute atomic E-state index is 0.154. The predicted molar refractivity (Wildman–Crippen MR) is 61.9 cm³/mol. The van der Waals surface area contributed by atoms with Crippen LogP contribution in [-0.4, -0.2) is 9.97 Å². The third-order valence-corrected chi connectivity index (χ3v) is 2.54. The van der Waals surface area contributed by atoms with Crippen molar-refractivity contribution in [2.75, 3.05) is 0 Å². The van der Waals surface area contributed by atoms with Gasteiger partial charge in [-0.05, 0) is 25.5 Å². The van der Waals surface area contributed by atoms with Crippen molar-refractivity contribution < 1.29 is 8.78 Å². The summed E-state index contributed by atoms with van der Waals surface area (Å²) in [4.78, 5) is 7.84. The molecule has 0 aliphatic carbocycles. The summed E-state index contributed by atoms with van der Waals surface area (Å²) >= 11 is 5.75. The molecule has 0 saturated heterocycles. The zero-order valence-corrected chi connectivity index (χ0v) is 10.0. The number of hydrogen-bond acceptors (Lipinski definition) is 2. The summed E-state index contributed by atoms with van der Waals surface area (Å²) in [5, 5.41) is 0.160. The number of aryl methyl sites for hydroxylation is 2. The van der Waals surface area contributed by atoms with E-state index in [0.717, 1.165) is 0 Å². The van der Waals surface area contributed by atoms with Gasteiger partial charge >= 0.3 is 0 Å². The van der Waals surface area contributed by atoms with Gasteiger partial charge in [0.1, 0.15) is 22.6 Å². The van der Waals surface area contributed by atoms with Crippen LogP contribution in [0.1, 0.15) is 11.4 Å². The molecule has 0 spiro atoms. The first-order chi connectivity index (χ1) is 7.99. The Morgan fingerprint density at radius 2 is 1.82 bits per heavy atom. The van der Waals surface area contributed by atoms with E-state index < -0.39 is 11.6 Å². The lowest BCUT2D eigenvalue weighted by molar-refractivity contribution is 0.582. The number of aromatic nitrogens is 2. The number of benzene rings is 1. The number of hydrogen-bond donors (Lipinski definition) is 0. The van der Waals surface area contributed by atoms with E-state index in [1.54, 1.807) is 13.8 Å². The zero-order chi connectivity index (χ0) is 12.6. The summed E-state index contributed by atoms with van der Waals surface area (Å²) < 4.78 is 27.5. The van der Waals surface area contributed by atoms with Crippen LogP contribution in [0.15, 0.2) is 18.2 Å². The van der Waals surface area contributed by atoms with Crippen LogP contribution >= 0.6 is 11.6 Å². The van der Waals surface area contributed by atoms with Crippen molar-refractivity contribution in [2.24, 2.45) is 0 Å². The second-order valence-electron chi connectivity index (χ2n) is 3.68. The van der Waals surface area contributed by atoms with Crippen molar-refractivity contribution in [2.45, 2.75) is 13.8 Å². The monoisotopic (exact) mass is 254 g/mol. The van der Waals surface area contributed by atoms with Gasteiger partial charge in [-0.2, -0.15) is 0 Å². The highest BCUT2D eigenvalue weighted by atomic mass is 35.5. The highest BCUT2D eigenvalue weighted by Gasteiger charge is 2.15. The maximum Gasteiger partial charge on any atom is 0.138 e. The molecule has 1 heterocycles. The third-order valence-electron chi connectivity index (χ3n) is 2.35. The van der Waals surface area contributed by atoms with Gasteiger partial charge in [0.2, 0.25) is 0 Å². The van der Waals surface area contributed by atoms with Gasteiger partial charge in [-0.3, -0.25) is 0 Å². The molecule has 1 aromatic carbocycles. The first-order valence-corrected chi connectivity index (χ1v) is 5.33. The van der Waals surface area contributed by atoms with Gasteiger partial charge in [0.05, 0.1) is 11.3 Å². The van der Waals surface area contributed by atoms with Crippen LogP contribution < -0.4 is 0 Å². The van der Waals surface area contributed by atoms with E-state index in [-0.39, 0.29) is 16.4 Å².